The van der Waals surface area contributed by atoms with E-state index in [1.807, 2.05) is 4.68 Å². The molecule has 0 bridgehead atoms. The van der Waals surface area contributed by atoms with Crippen molar-refractivity contribution in [1.82, 2.24) is 14.8 Å². The first-order chi connectivity index (χ1) is 8.99. The molecule has 2 N–H and O–H groups in total. The highest BCUT2D eigenvalue weighted by molar-refractivity contribution is 6.33. The summed E-state index contributed by atoms with van der Waals surface area (Å²) < 4.78 is 1.86. The zero-order chi connectivity index (χ0) is 14.0. The second kappa shape index (κ2) is 5.90. The number of hydrogen-bond acceptors (Lipinski definition) is 3. The lowest BCUT2D eigenvalue weighted by Crippen LogP contribution is -2.18. The molecule has 0 aliphatic rings. The SMILES string of the molecule is CC(C)n1ncnc1CC(N)c1cc(Cl)ccc1Cl. The van der Waals surface area contributed by atoms with Gasteiger partial charge in [0.1, 0.15) is 12.2 Å². The first-order valence-corrected chi connectivity index (χ1v) is 6.83. The van der Waals surface area contributed by atoms with Crippen LogP contribution in [0.5, 0.6) is 0 Å². The molecule has 0 radical (unpaired) electrons. The lowest BCUT2D eigenvalue weighted by atomic mass is 10.0. The normalized spacial score (nSPS) is 12.9. The predicted octanol–water partition coefficient (Wildman–Crippen LogP) is 3.41. The molecule has 0 spiro atoms. The van der Waals surface area contributed by atoms with Crippen LogP contribution in [0.1, 0.15) is 37.3 Å². The Hall–Kier alpha value is -1.10. The zero-order valence-corrected chi connectivity index (χ0v) is 12.4. The average molecular weight is 299 g/mol. The smallest absolute Gasteiger partial charge is 0.138 e. The first-order valence-electron chi connectivity index (χ1n) is 6.08. The van der Waals surface area contributed by atoms with Crippen LogP contribution in [-0.2, 0) is 6.42 Å². The summed E-state index contributed by atoms with van der Waals surface area (Å²) in [5.41, 5.74) is 7.03. The molecule has 1 unspecified atom stereocenters. The molecule has 4 nitrogen and oxygen atoms in total. The molecule has 2 rings (SSSR count). The molecule has 1 aromatic heterocycles. The van der Waals surface area contributed by atoms with Crippen molar-refractivity contribution in [1.29, 1.82) is 0 Å². The van der Waals surface area contributed by atoms with Crippen molar-refractivity contribution < 1.29 is 0 Å². The molecule has 0 aliphatic heterocycles. The maximum absolute atomic E-state index is 6.20. The molecule has 2 aromatic rings. The van der Waals surface area contributed by atoms with Gasteiger partial charge in [0.2, 0.25) is 0 Å². The van der Waals surface area contributed by atoms with E-state index < -0.39 is 0 Å². The molecule has 0 fully saturated rings. The summed E-state index contributed by atoms with van der Waals surface area (Å²) in [5, 5.41) is 5.44. The Morgan fingerprint density at radius 2 is 2.05 bits per heavy atom. The molecule has 0 aliphatic carbocycles. The third kappa shape index (κ3) is 3.26. The largest absolute Gasteiger partial charge is 0.324 e. The van der Waals surface area contributed by atoms with E-state index in [2.05, 4.69) is 23.9 Å². The van der Waals surface area contributed by atoms with Gasteiger partial charge in [0.15, 0.2) is 0 Å². The third-order valence-corrected chi connectivity index (χ3v) is 3.48. The number of nitrogens with zero attached hydrogens (tertiary/aromatic N) is 3. The fourth-order valence-electron chi connectivity index (χ4n) is 1.96. The summed E-state index contributed by atoms with van der Waals surface area (Å²) in [5.74, 6) is 0.846. The fraction of sp³-hybridized carbons (Fsp3) is 0.385. The standard InChI is InChI=1S/C13H16Cl2N4/c1-8(2)19-13(17-7-18-19)6-12(16)10-5-9(14)3-4-11(10)15/h3-5,7-8,12H,6,16H2,1-2H3. The van der Waals surface area contributed by atoms with Crippen LogP contribution in [0.4, 0.5) is 0 Å². The van der Waals surface area contributed by atoms with E-state index in [1.54, 1.807) is 24.5 Å². The van der Waals surface area contributed by atoms with Crippen molar-refractivity contribution in [3.05, 3.63) is 46.0 Å². The number of benzene rings is 1. The second-order valence-electron chi connectivity index (χ2n) is 4.69. The van der Waals surface area contributed by atoms with Gasteiger partial charge in [-0.3, -0.25) is 0 Å². The highest BCUT2D eigenvalue weighted by Gasteiger charge is 2.16. The summed E-state index contributed by atoms with van der Waals surface area (Å²) in [6.45, 7) is 4.10. The molecular weight excluding hydrogens is 283 g/mol. The molecule has 0 amide bonds. The number of nitrogens with two attached hydrogens (primary N) is 1. The monoisotopic (exact) mass is 298 g/mol. The Morgan fingerprint density at radius 3 is 2.74 bits per heavy atom. The molecule has 1 atom stereocenters. The summed E-state index contributed by atoms with van der Waals surface area (Å²) in [7, 11) is 0. The minimum absolute atomic E-state index is 0.250. The van der Waals surface area contributed by atoms with Crippen LogP contribution in [-0.4, -0.2) is 14.8 Å². The molecule has 0 saturated carbocycles. The van der Waals surface area contributed by atoms with Crippen LogP contribution in [0.3, 0.4) is 0 Å². The van der Waals surface area contributed by atoms with E-state index in [0.717, 1.165) is 11.4 Å². The lowest BCUT2D eigenvalue weighted by Gasteiger charge is -2.15. The van der Waals surface area contributed by atoms with Crippen LogP contribution in [0, 0.1) is 0 Å². The van der Waals surface area contributed by atoms with E-state index in [4.69, 9.17) is 28.9 Å². The first kappa shape index (κ1) is 14.3. The van der Waals surface area contributed by atoms with Crippen molar-refractivity contribution in [2.75, 3.05) is 0 Å². The Kier molecular flexibility index (Phi) is 4.45. The van der Waals surface area contributed by atoms with Crippen molar-refractivity contribution in [3.8, 4) is 0 Å². The minimum Gasteiger partial charge on any atom is -0.324 e. The van der Waals surface area contributed by atoms with Gasteiger partial charge in [-0.1, -0.05) is 23.2 Å². The van der Waals surface area contributed by atoms with Crippen LogP contribution in [0.15, 0.2) is 24.5 Å². The average Bonchev–Trinajstić information content (AvgIpc) is 2.80. The second-order valence-corrected chi connectivity index (χ2v) is 5.53. The highest BCUT2D eigenvalue weighted by atomic mass is 35.5. The van der Waals surface area contributed by atoms with Crippen LogP contribution < -0.4 is 5.73 Å². The molecule has 102 valence electrons. The number of rotatable bonds is 4. The quantitative estimate of drug-likeness (QED) is 0.941. The van der Waals surface area contributed by atoms with Gasteiger partial charge in [0.05, 0.1) is 0 Å². The van der Waals surface area contributed by atoms with Crippen LogP contribution >= 0.6 is 23.2 Å². The van der Waals surface area contributed by atoms with Crippen LogP contribution in [0.25, 0.3) is 0 Å². The van der Waals surface area contributed by atoms with Gasteiger partial charge in [-0.2, -0.15) is 5.10 Å². The fourth-order valence-corrected chi connectivity index (χ4v) is 2.40. The summed E-state index contributed by atoms with van der Waals surface area (Å²) in [4.78, 5) is 4.25. The van der Waals surface area contributed by atoms with Crippen molar-refractivity contribution in [3.63, 3.8) is 0 Å². The van der Waals surface area contributed by atoms with Gasteiger partial charge in [-0.25, -0.2) is 9.67 Å². The summed E-state index contributed by atoms with van der Waals surface area (Å²) in [6.07, 6.45) is 2.11. The molecule has 19 heavy (non-hydrogen) atoms. The minimum atomic E-state index is -0.257. The van der Waals surface area contributed by atoms with E-state index >= 15 is 0 Å². The van der Waals surface area contributed by atoms with Gasteiger partial charge in [-0.05, 0) is 37.6 Å². The molecular formula is C13H16Cl2N4. The van der Waals surface area contributed by atoms with Gasteiger partial charge in [-0.15, -0.1) is 0 Å². The van der Waals surface area contributed by atoms with Gasteiger partial charge >= 0.3 is 0 Å². The third-order valence-electron chi connectivity index (χ3n) is 2.90. The van der Waals surface area contributed by atoms with E-state index in [0.29, 0.717) is 16.5 Å². The van der Waals surface area contributed by atoms with E-state index in [1.165, 1.54) is 0 Å². The van der Waals surface area contributed by atoms with Gasteiger partial charge < -0.3 is 5.73 Å². The molecule has 1 aromatic carbocycles. The Labute approximate surface area is 122 Å². The Morgan fingerprint density at radius 1 is 1.32 bits per heavy atom. The van der Waals surface area contributed by atoms with Crippen molar-refractivity contribution in [2.24, 2.45) is 5.73 Å². The highest BCUT2D eigenvalue weighted by Crippen LogP contribution is 2.27. The van der Waals surface area contributed by atoms with Crippen molar-refractivity contribution >= 4 is 23.2 Å². The van der Waals surface area contributed by atoms with E-state index in [-0.39, 0.29) is 12.1 Å². The maximum Gasteiger partial charge on any atom is 0.138 e. The Bertz CT molecular complexity index is 566. The number of halogens is 2. The van der Waals surface area contributed by atoms with Crippen molar-refractivity contribution in [2.45, 2.75) is 32.4 Å². The lowest BCUT2D eigenvalue weighted by molar-refractivity contribution is 0.493. The topological polar surface area (TPSA) is 56.7 Å². The number of hydrogen-bond donors (Lipinski definition) is 1. The molecule has 1 heterocycles. The number of aromatic nitrogens is 3. The molecule has 0 saturated heterocycles. The van der Waals surface area contributed by atoms with Gasteiger partial charge in [0.25, 0.3) is 0 Å². The Balaban J connectivity index is 2.23. The summed E-state index contributed by atoms with van der Waals surface area (Å²) >= 11 is 12.1. The van der Waals surface area contributed by atoms with E-state index in [9.17, 15) is 0 Å². The summed E-state index contributed by atoms with van der Waals surface area (Å²) in [6, 6.07) is 5.29. The molecule has 6 heteroatoms. The van der Waals surface area contributed by atoms with Crippen LogP contribution in [0.2, 0.25) is 10.0 Å². The van der Waals surface area contributed by atoms with Gasteiger partial charge in [0, 0.05) is 28.5 Å². The zero-order valence-electron chi connectivity index (χ0n) is 10.8. The predicted molar refractivity (Wildman–Crippen MR) is 77.5 cm³/mol. The maximum atomic E-state index is 6.20.